The van der Waals surface area contributed by atoms with Crippen LogP contribution in [0.3, 0.4) is 0 Å². The Morgan fingerprint density at radius 1 is 1.26 bits per heavy atom. The summed E-state index contributed by atoms with van der Waals surface area (Å²) in [6.07, 6.45) is 2.77. The van der Waals surface area contributed by atoms with Crippen LogP contribution in [0, 0.1) is 11.3 Å². The van der Waals surface area contributed by atoms with E-state index in [9.17, 15) is 14.9 Å². The molecule has 2 heterocycles. The van der Waals surface area contributed by atoms with E-state index >= 15 is 0 Å². The van der Waals surface area contributed by atoms with Gasteiger partial charge in [0.2, 0.25) is 5.88 Å². The maximum atomic E-state index is 12.9. The van der Waals surface area contributed by atoms with E-state index in [1.807, 2.05) is 12.1 Å². The first-order valence-corrected chi connectivity index (χ1v) is 8.28. The number of amides is 1. The Kier molecular flexibility index (Phi) is 5.28. The van der Waals surface area contributed by atoms with Gasteiger partial charge in [0.05, 0.1) is 0 Å². The van der Waals surface area contributed by atoms with E-state index in [1.54, 1.807) is 55.6 Å². The molecule has 1 amide bonds. The molecular formula is C20H16N4O3. The van der Waals surface area contributed by atoms with E-state index in [0.717, 1.165) is 0 Å². The van der Waals surface area contributed by atoms with Gasteiger partial charge in [-0.1, -0.05) is 24.3 Å². The summed E-state index contributed by atoms with van der Waals surface area (Å²) in [5, 5.41) is 11.9. The number of hydrogen-bond acceptors (Lipinski definition) is 5. The second-order valence-electron chi connectivity index (χ2n) is 5.51. The van der Waals surface area contributed by atoms with Crippen LogP contribution in [-0.4, -0.2) is 21.8 Å². The third kappa shape index (κ3) is 3.85. The smallest absolute Gasteiger partial charge is 0.269 e. The molecule has 0 radical (unpaired) electrons. The Balaban J connectivity index is 2.21. The summed E-state index contributed by atoms with van der Waals surface area (Å²) in [6, 6.07) is 15.8. The summed E-state index contributed by atoms with van der Waals surface area (Å²) in [5.74, 6) is -0.0616. The minimum absolute atomic E-state index is 0.0188. The van der Waals surface area contributed by atoms with Crippen LogP contribution < -0.4 is 15.6 Å². The number of benzene rings is 1. The molecule has 3 aromatic rings. The van der Waals surface area contributed by atoms with Crippen LogP contribution in [-0.2, 0) is 4.79 Å². The zero-order chi connectivity index (χ0) is 19.2. The Morgan fingerprint density at radius 2 is 2.00 bits per heavy atom. The van der Waals surface area contributed by atoms with Crippen LogP contribution in [0.1, 0.15) is 12.5 Å². The molecule has 0 atom stereocenters. The van der Waals surface area contributed by atoms with Gasteiger partial charge in [-0.3, -0.25) is 14.0 Å². The molecule has 0 spiro atoms. The monoisotopic (exact) mass is 360 g/mol. The number of ether oxygens (including phenoxy) is 1. The topological polar surface area (TPSA) is 96.5 Å². The summed E-state index contributed by atoms with van der Waals surface area (Å²) < 4.78 is 7.10. The van der Waals surface area contributed by atoms with Crippen LogP contribution >= 0.6 is 0 Å². The molecule has 0 aliphatic heterocycles. The second kappa shape index (κ2) is 7.97. The summed E-state index contributed by atoms with van der Waals surface area (Å²) >= 11 is 0. The molecule has 0 unspecified atom stereocenters. The normalized spacial score (nSPS) is 11.0. The van der Waals surface area contributed by atoms with Crippen LogP contribution in [0.15, 0.2) is 65.1 Å². The third-order valence-corrected chi connectivity index (χ3v) is 3.68. The zero-order valence-electron chi connectivity index (χ0n) is 14.5. The first-order valence-electron chi connectivity index (χ1n) is 8.28. The lowest BCUT2D eigenvalue weighted by Gasteiger charge is -2.10. The molecule has 0 bridgehead atoms. The molecular weight excluding hydrogens is 344 g/mol. The zero-order valence-corrected chi connectivity index (χ0v) is 14.5. The minimum Gasteiger partial charge on any atom is -0.438 e. The van der Waals surface area contributed by atoms with Gasteiger partial charge >= 0.3 is 0 Å². The van der Waals surface area contributed by atoms with E-state index in [4.69, 9.17) is 4.74 Å². The number of hydrogen-bond donors (Lipinski definition) is 1. The van der Waals surface area contributed by atoms with Gasteiger partial charge in [0, 0.05) is 12.7 Å². The van der Waals surface area contributed by atoms with E-state index in [-0.39, 0.29) is 17.0 Å². The summed E-state index contributed by atoms with van der Waals surface area (Å²) in [4.78, 5) is 29.4. The van der Waals surface area contributed by atoms with E-state index in [0.29, 0.717) is 17.9 Å². The SMILES string of the molecule is CCNC(=O)C(C#N)=Cc1c(Oc2ccccc2)nc2ccccn2c1=O. The van der Waals surface area contributed by atoms with Crippen molar-refractivity contribution >= 4 is 17.6 Å². The van der Waals surface area contributed by atoms with Gasteiger partial charge in [-0.25, -0.2) is 0 Å². The van der Waals surface area contributed by atoms with Crippen LogP contribution in [0.5, 0.6) is 11.6 Å². The van der Waals surface area contributed by atoms with Crippen molar-refractivity contribution in [3.8, 4) is 17.7 Å². The number of likely N-dealkylation sites (N-methyl/N-ethyl adjacent to an activating group) is 1. The molecule has 0 fully saturated rings. The molecule has 27 heavy (non-hydrogen) atoms. The number of aromatic nitrogens is 2. The highest BCUT2D eigenvalue weighted by Crippen LogP contribution is 2.23. The summed E-state index contributed by atoms with van der Waals surface area (Å²) in [5.41, 5.74) is -0.236. The van der Waals surface area contributed by atoms with Crippen LogP contribution in [0.25, 0.3) is 11.7 Å². The lowest BCUT2D eigenvalue weighted by atomic mass is 10.1. The molecule has 0 aliphatic rings. The van der Waals surface area contributed by atoms with E-state index in [2.05, 4.69) is 10.3 Å². The van der Waals surface area contributed by atoms with Gasteiger partial charge in [0.1, 0.15) is 28.6 Å². The highest BCUT2D eigenvalue weighted by atomic mass is 16.5. The number of nitrogens with zero attached hydrogens (tertiary/aromatic N) is 3. The van der Waals surface area contributed by atoms with Gasteiger partial charge in [0.15, 0.2) is 0 Å². The van der Waals surface area contributed by atoms with Crippen molar-refractivity contribution in [2.24, 2.45) is 0 Å². The summed E-state index contributed by atoms with van der Waals surface area (Å²) in [7, 11) is 0. The maximum Gasteiger partial charge on any atom is 0.269 e. The molecule has 134 valence electrons. The van der Waals surface area contributed by atoms with Gasteiger partial charge in [-0.15, -0.1) is 0 Å². The van der Waals surface area contributed by atoms with Gasteiger partial charge in [0.25, 0.3) is 11.5 Å². The van der Waals surface area contributed by atoms with Crippen LogP contribution in [0.4, 0.5) is 0 Å². The minimum atomic E-state index is -0.566. The molecule has 1 N–H and O–H groups in total. The van der Waals surface area contributed by atoms with Gasteiger partial charge < -0.3 is 10.1 Å². The highest BCUT2D eigenvalue weighted by molar-refractivity contribution is 6.01. The lowest BCUT2D eigenvalue weighted by molar-refractivity contribution is -0.116. The van der Waals surface area contributed by atoms with Crippen molar-refractivity contribution in [1.29, 1.82) is 5.26 Å². The molecule has 0 aliphatic carbocycles. The molecule has 1 aromatic carbocycles. The average molecular weight is 360 g/mol. The molecule has 3 rings (SSSR count). The fraction of sp³-hybridized carbons (Fsp3) is 0.100. The number of nitriles is 1. The number of carbonyl (C=O) groups excluding carboxylic acids is 1. The van der Waals surface area contributed by atoms with Gasteiger partial charge in [-0.2, -0.15) is 10.2 Å². The average Bonchev–Trinajstić information content (AvgIpc) is 2.69. The predicted molar refractivity (Wildman–Crippen MR) is 100 cm³/mol. The van der Waals surface area contributed by atoms with Crippen molar-refractivity contribution in [2.75, 3.05) is 6.54 Å². The van der Waals surface area contributed by atoms with Crippen molar-refractivity contribution in [3.05, 3.63) is 76.2 Å². The molecule has 0 saturated heterocycles. The lowest BCUT2D eigenvalue weighted by Crippen LogP contribution is -2.25. The largest absolute Gasteiger partial charge is 0.438 e. The Hall–Kier alpha value is -3.92. The first-order chi connectivity index (χ1) is 13.1. The molecule has 2 aromatic heterocycles. The van der Waals surface area contributed by atoms with Crippen molar-refractivity contribution in [2.45, 2.75) is 6.92 Å². The summed E-state index contributed by atoms with van der Waals surface area (Å²) in [6.45, 7) is 2.10. The second-order valence-corrected chi connectivity index (χ2v) is 5.51. The number of pyridine rings is 1. The van der Waals surface area contributed by atoms with Crippen LogP contribution in [0.2, 0.25) is 0 Å². The Morgan fingerprint density at radius 3 is 2.70 bits per heavy atom. The maximum absolute atomic E-state index is 12.9. The van der Waals surface area contributed by atoms with E-state index in [1.165, 1.54) is 10.5 Å². The fourth-order valence-corrected chi connectivity index (χ4v) is 2.43. The number of rotatable bonds is 5. The fourth-order valence-electron chi connectivity index (χ4n) is 2.43. The van der Waals surface area contributed by atoms with E-state index < -0.39 is 11.5 Å². The number of fused-ring (bicyclic) bond motifs is 1. The Labute approximate surface area is 155 Å². The predicted octanol–water partition coefficient (Wildman–Crippen LogP) is 2.53. The van der Waals surface area contributed by atoms with Gasteiger partial charge in [-0.05, 0) is 37.3 Å². The standard InChI is InChI=1S/C20H16N4O3/c1-2-22-18(25)14(13-21)12-16-19(27-15-8-4-3-5-9-15)23-17-10-6-7-11-24(17)20(16)26/h3-12H,2H2,1H3,(H,22,25). The number of carbonyl (C=O) groups is 1. The van der Waals surface area contributed by atoms with Crippen molar-refractivity contribution in [1.82, 2.24) is 14.7 Å². The quantitative estimate of drug-likeness (QED) is 0.557. The first kappa shape index (κ1) is 17.9. The highest BCUT2D eigenvalue weighted by Gasteiger charge is 2.16. The van der Waals surface area contributed by atoms with Crippen molar-refractivity contribution in [3.63, 3.8) is 0 Å². The number of nitrogens with one attached hydrogen (secondary N) is 1. The molecule has 7 nitrogen and oxygen atoms in total. The molecule has 7 heteroatoms. The van der Waals surface area contributed by atoms with Crippen molar-refractivity contribution < 1.29 is 9.53 Å². The third-order valence-electron chi connectivity index (χ3n) is 3.68. The molecule has 0 saturated carbocycles. The Bertz CT molecular complexity index is 1110. The number of para-hydroxylation sites is 1.